The Labute approximate surface area is 170 Å². The molecule has 0 bridgehead atoms. The number of rotatable bonds is 4. The minimum Gasteiger partial charge on any atom is -0.495 e. The summed E-state index contributed by atoms with van der Waals surface area (Å²) in [6, 6.07) is 12.3. The Morgan fingerprint density at radius 2 is 1.96 bits per heavy atom. The minimum absolute atomic E-state index is 0.116. The molecule has 4 rings (SSSR count). The molecule has 1 aliphatic rings. The standard InChI is InChI=1S/C19H18BrN3O4S/c1-27-17-7-6-13(20)12-18(17)28(25,26)22-10-8-14(9-11-22)23-16-5-3-2-4-15(16)21-19(23)24/h2-8,12H,9-11H2,1H3,(H,21,24). The van der Waals surface area contributed by atoms with Gasteiger partial charge in [-0.3, -0.25) is 4.57 Å². The number of fused-ring (bicyclic) bond motifs is 1. The Balaban J connectivity index is 1.68. The first-order valence-electron chi connectivity index (χ1n) is 8.64. The average molecular weight is 464 g/mol. The summed E-state index contributed by atoms with van der Waals surface area (Å²) in [6.07, 6.45) is 2.21. The maximum Gasteiger partial charge on any atom is 0.330 e. The molecular formula is C19H18BrN3O4S. The number of imidazole rings is 1. The van der Waals surface area contributed by atoms with Crippen LogP contribution in [0.25, 0.3) is 16.7 Å². The van der Waals surface area contributed by atoms with Crippen molar-refractivity contribution in [3.63, 3.8) is 0 Å². The third kappa shape index (κ3) is 3.19. The second-order valence-electron chi connectivity index (χ2n) is 6.39. The second kappa shape index (κ2) is 7.23. The van der Waals surface area contributed by atoms with Gasteiger partial charge in [-0.05, 0) is 36.4 Å². The fourth-order valence-corrected chi connectivity index (χ4v) is 5.47. The highest BCUT2D eigenvalue weighted by Gasteiger charge is 2.30. The molecular weight excluding hydrogens is 446 g/mol. The smallest absolute Gasteiger partial charge is 0.330 e. The van der Waals surface area contributed by atoms with Crippen molar-refractivity contribution < 1.29 is 13.2 Å². The van der Waals surface area contributed by atoms with E-state index in [1.165, 1.54) is 17.5 Å². The molecule has 0 saturated heterocycles. The molecule has 0 radical (unpaired) electrons. The highest BCUT2D eigenvalue weighted by atomic mass is 79.9. The molecule has 0 saturated carbocycles. The first-order valence-corrected chi connectivity index (χ1v) is 10.9. The fourth-order valence-electron chi connectivity index (χ4n) is 3.39. The van der Waals surface area contributed by atoms with Gasteiger partial charge < -0.3 is 9.72 Å². The fraction of sp³-hybridized carbons (Fsp3) is 0.211. The van der Waals surface area contributed by atoms with Gasteiger partial charge in [-0.1, -0.05) is 28.1 Å². The highest BCUT2D eigenvalue weighted by molar-refractivity contribution is 9.10. The normalized spacial score (nSPS) is 15.6. The van der Waals surface area contributed by atoms with Crippen LogP contribution in [-0.4, -0.2) is 42.5 Å². The van der Waals surface area contributed by atoms with Crippen molar-refractivity contribution in [1.29, 1.82) is 0 Å². The summed E-state index contributed by atoms with van der Waals surface area (Å²) in [5.74, 6) is 0.297. The van der Waals surface area contributed by atoms with Crippen molar-refractivity contribution in [2.45, 2.75) is 11.3 Å². The Kier molecular flexibility index (Phi) is 4.90. The number of hydrogen-bond donors (Lipinski definition) is 1. The number of aromatic nitrogens is 2. The van der Waals surface area contributed by atoms with Crippen LogP contribution in [0.5, 0.6) is 5.75 Å². The molecule has 28 heavy (non-hydrogen) atoms. The van der Waals surface area contributed by atoms with Crippen LogP contribution in [0.1, 0.15) is 6.42 Å². The quantitative estimate of drug-likeness (QED) is 0.644. The number of nitrogens with one attached hydrogen (secondary N) is 1. The largest absolute Gasteiger partial charge is 0.495 e. The maximum atomic E-state index is 13.1. The SMILES string of the molecule is COc1ccc(Br)cc1S(=O)(=O)N1CC=C(n2c(=O)[nH]c3ccccc32)CC1. The van der Waals surface area contributed by atoms with Gasteiger partial charge in [0.2, 0.25) is 10.0 Å². The third-order valence-electron chi connectivity index (χ3n) is 4.77. The van der Waals surface area contributed by atoms with Crippen LogP contribution >= 0.6 is 15.9 Å². The lowest BCUT2D eigenvalue weighted by atomic mass is 10.2. The number of nitrogens with zero attached hydrogens (tertiary/aromatic N) is 2. The summed E-state index contributed by atoms with van der Waals surface area (Å²) in [4.78, 5) is 15.3. The van der Waals surface area contributed by atoms with Crippen LogP contribution < -0.4 is 10.4 Å². The minimum atomic E-state index is -3.73. The van der Waals surface area contributed by atoms with E-state index in [1.54, 1.807) is 22.8 Å². The van der Waals surface area contributed by atoms with Gasteiger partial charge in [0.25, 0.3) is 0 Å². The van der Waals surface area contributed by atoms with E-state index in [0.717, 1.165) is 16.7 Å². The summed E-state index contributed by atoms with van der Waals surface area (Å²) in [6.45, 7) is 0.453. The number of aromatic amines is 1. The van der Waals surface area contributed by atoms with Crippen molar-refractivity contribution in [3.05, 3.63) is 63.5 Å². The Morgan fingerprint density at radius 3 is 2.68 bits per heavy atom. The van der Waals surface area contributed by atoms with Gasteiger partial charge in [-0.2, -0.15) is 4.31 Å². The molecule has 0 fully saturated rings. The lowest BCUT2D eigenvalue weighted by Crippen LogP contribution is -2.36. The van der Waals surface area contributed by atoms with Gasteiger partial charge >= 0.3 is 5.69 Å². The van der Waals surface area contributed by atoms with E-state index in [0.29, 0.717) is 16.6 Å². The van der Waals surface area contributed by atoms with E-state index in [1.807, 2.05) is 24.3 Å². The van der Waals surface area contributed by atoms with Gasteiger partial charge in [-0.25, -0.2) is 13.2 Å². The van der Waals surface area contributed by atoms with Gasteiger partial charge in [0.1, 0.15) is 10.6 Å². The summed E-state index contributed by atoms with van der Waals surface area (Å²) in [7, 11) is -2.29. The predicted molar refractivity (Wildman–Crippen MR) is 111 cm³/mol. The van der Waals surface area contributed by atoms with Crippen LogP contribution in [-0.2, 0) is 10.0 Å². The zero-order valence-electron chi connectivity index (χ0n) is 15.1. The van der Waals surface area contributed by atoms with E-state index in [9.17, 15) is 13.2 Å². The number of benzene rings is 2. The molecule has 3 aromatic rings. The number of para-hydroxylation sites is 2. The van der Waals surface area contributed by atoms with Gasteiger partial charge in [0.05, 0.1) is 18.1 Å². The number of methoxy groups -OCH3 is 1. The van der Waals surface area contributed by atoms with Gasteiger partial charge in [0.15, 0.2) is 0 Å². The van der Waals surface area contributed by atoms with Crippen LogP contribution in [0.3, 0.4) is 0 Å². The summed E-state index contributed by atoms with van der Waals surface area (Å²) in [5, 5.41) is 0. The molecule has 146 valence electrons. The Morgan fingerprint density at radius 1 is 1.18 bits per heavy atom. The first-order chi connectivity index (χ1) is 13.4. The van der Waals surface area contributed by atoms with E-state index in [-0.39, 0.29) is 23.7 Å². The van der Waals surface area contributed by atoms with Crippen molar-refractivity contribution >= 4 is 42.7 Å². The second-order valence-corrected chi connectivity index (χ2v) is 9.21. The number of ether oxygens (including phenoxy) is 1. The topological polar surface area (TPSA) is 84.4 Å². The highest BCUT2D eigenvalue weighted by Crippen LogP contribution is 2.31. The Bertz CT molecular complexity index is 1240. The van der Waals surface area contributed by atoms with Crippen LogP contribution in [0.15, 0.2) is 62.7 Å². The van der Waals surface area contributed by atoms with Gasteiger partial charge in [-0.15, -0.1) is 0 Å². The lowest BCUT2D eigenvalue weighted by Gasteiger charge is -2.26. The molecule has 1 aromatic heterocycles. The number of hydrogen-bond acceptors (Lipinski definition) is 4. The van der Waals surface area contributed by atoms with E-state index in [4.69, 9.17) is 4.74 Å². The summed E-state index contributed by atoms with van der Waals surface area (Å²) in [5.41, 5.74) is 2.10. The lowest BCUT2D eigenvalue weighted by molar-refractivity contribution is 0.394. The molecule has 2 heterocycles. The van der Waals surface area contributed by atoms with Crippen molar-refractivity contribution in [3.8, 4) is 5.75 Å². The monoisotopic (exact) mass is 463 g/mol. The third-order valence-corrected chi connectivity index (χ3v) is 7.15. The molecule has 0 atom stereocenters. The van der Waals surface area contributed by atoms with Crippen LogP contribution in [0, 0.1) is 0 Å². The molecule has 9 heteroatoms. The summed E-state index contributed by atoms with van der Waals surface area (Å²) >= 11 is 3.32. The van der Waals surface area contributed by atoms with E-state index >= 15 is 0 Å². The van der Waals surface area contributed by atoms with Crippen LogP contribution in [0.4, 0.5) is 0 Å². The molecule has 1 N–H and O–H groups in total. The molecule has 0 aliphatic carbocycles. The van der Waals surface area contributed by atoms with Crippen molar-refractivity contribution in [2.24, 2.45) is 0 Å². The van der Waals surface area contributed by atoms with E-state index in [2.05, 4.69) is 20.9 Å². The molecule has 2 aromatic carbocycles. The zero-order chi connectivity index (χ0) is 19.9. The first kappa shape index (κ1) is 19.0. The number of halogens is 1. The molecule has 1 aliphatic heterocycles. The Hall–Kier alpha value is -2.36. The van der Waals surface area contributed by atoms with Crippen molar-refractivity contribution in [1.82, 2.24) is 13.9 Å². The molecule has 0 amide bonds. The zero-order valence-corrected chi connectivity index (χ0v) is 17.5. The number of sulfonamides is 1. The predicted octanol–water partition coefficient (Wildman–Crippen LogP) is 3.04. The summed E-state index contributed by atoms with van der Waals surface area (Å²) < 4.78 is 35.1. The van der Waals surface area contributed by atoms with Crippen LogP contribution in [0.2, 0.25) is 0 Å². The maximum absolute atomic E-state index is 13.1. The van der Waals surface area contributed by atoms with E-state index < -0.39 is 10.0 Å². The van der Waals surface area contributed by atoms with Crippen molar-refractivity contribution in [2.75, 3.05) is 20.2 Å². The molecule has 0 unspecified atom stereocenters. The molecule has 0 spiro atoms. The molecule has 7 nitrogen and oxygen atoms in total. The number of H-pyrrole nitrogens is 1. The average Bonchev–Trinajstić information content (AvgIpc) is 3.03. The van der Waals surface area contributed by atoms with Gasteiger partial charge in [0, 0.05) is 29.7 Å².